The molecule has 2 N–H and O–H groups in total. The Bertz CT molecular complexity index is 451. The minimum absolute atomic E-state index is 0.0180. The number of carbonyl (C=O) groups is 2. The molecule has 0 heterocycles. The number of nitrogens with one attached hydrogen (secondary N) is 1. The number of rotatable bonds is 5. The van der Waals surface area contributed by atoms with Gasteiger partial charge in [-0.1, -0.05) is 12.1 Å². The molecule has 1 atom stereocenters. The summed E-state index contributed by atoms with van der Waals surface area (Å²) in [5, 5.41) is 11.2. The van der Waals surface area contributed by atoms with Crippen LogP contribution < -0.4 is 10.2 Å². The van der Waals surface area contributed by atoms with Crippen molar-refractivity contribution in [1.82, 2.24) is 5.32 Å². The van der Waals surface area contributed by atoms with Crippen molar-refractivity contribution >= 4 is 17.6 Å². The second kappa shape index (κ2) is 6.00. The smallest absolute Gasteiger partial charge is 0.328 e. The molecule has 0 aromatic heterocycles. The third-order valence-corrected chi connectivity index (χ3v) is 2.40. The first-order chi connectivity index (χ1) is 8.41. The van der Waals surface area contributed by atoms with E-state index in [1.807, 2.05) is 0 Å². The van der Waals surface area contributed by atoms with Crippen LogP contribution in [0.5, 0.6) is 0 Å². The largest absolute Gasteiger partial charge is 0.480 e. The van der Waals surface area contributed by atoms with Gasteiger partial charge in [-0.15, -0.1) is 0 Å². The number of para-hydroxylation sites is 1. The lowest BCUT2D eigenvalue weighted by Gasteiger charge is -2.24. The Morgan fingerprint density at radius 1 is 1.44 bits per heavy atom. The van der Waals surface area contributed by atoms with Gasteiger partial charge in [-0.05, 0) is 12.1 Å². The predicted molar refractivity (Wildman–Crippen MR) is 64.9 cm³/mol. The van der Waals surface area contributed by atoms with E-state index in [4.69, 9.17) is 5.11 Å². The number of anilines is 1. The van der Waals surface area contributed by atoms with E-state index < -0.39 is 23.7 Å². The maximum absolute atomic E-state index is 13.5. The first-order valence-corrected chi connectivity index (χ1v) is 5.37. The number of likely N-dealkylation sites (N-methyl/N-ethyl adjacent to an activating group) is 1. The first-order valence-electron chi connectivity index (χ1n) is 5.37. The zero-order valence-corrected chi connectivity index (χ0v) is 10.2. The minimum Gasteiger partial charge on any atom is -0.480 e. The lowest BCUT2D eigenvalue weighted by Crippen LogP contribution is -2.47. The van der Waals surface area contributed by atoms with E-state index in [1.165, 1.54) is 17.9 Å². The highest BCUT2D eigenvalue weighted by molar-refractivity contribution is 5.82. The van der Waals surface area contributed by atoms with Gasteiger partial charge < -0.3 is 15.3 Å². The summed E-state index contributed by atoms with van der Waals surface area (Å²) in [6.45, 7) is 1.22. The van der Waals surface area contributed by atoms with Gasteiger partial charge in [-0.3, -0.25) is 4.79 Å². The Kier molecular flexibility index (Phi) is 4.65. The van der Waals surface area contributed by atoms with Gasteiger partial charge in [0, 0.05) is 20.5 Å². The molecule has 1 amide bonds. The van der Waals surface area contributed by atoms with Crippen LogP contribution in [0.2, 0.25) is 0 Å². The SMILES string of the molecule is CC(=O)NC(CN(C)c1ccccc1F)C(=O)O. The summed E-state index contributed by atoms with van der Waals surface area (Å²) >= 11 is 0. The number of hydrogen-bond donors (Lipinski definition) is 2. The second-order valence-electron chi connectivity index (χ2n) is 3.92. The zero-order valence-electron chi connectivity index (χ0n) is 10.2. The number of nitrogens with zero attached hydrogens (tertiary/aromatic N) is 1. The number of amides is 1. The van der Waals surface area contributed by atoms with Crippen LogP contribution in [-0.2, 0) is 9.59 Å². The topological polar surface area (TPSA) is 69.6 Å². The molecule has 1 aromatic carbocycles. The fraction of sp³-hybridized carbons (Fsp3) is 0.333. The maximum Gasteiger partial charge on any atom is 0.328 e. The van der Waals surface area contributed by atoms with Crippen LogP contribution in [0.15, 0.2) is 24.3 Å². The van der Waals surface area contributed by atoms with Crippen molar-refractivity contribution in [2.45, 2.75) is 13.0 Å². The van der Waals surface area contributed by atoms with Gasteiger partial charge in [0.25, 0.3) is 0 Å². The minimum atomic E-state index is -1.16. The van der Waals surface area contributed by atoms with Crippen molar-refractivity contribution in [3.05, 3.63) is 30.1 Å². The van der Waals surface area contributed by atoms with Crippen LogP contribution in [0.25, 0.3) is 0 Å². The van der Waals surface area contributed by atoms with Crippen molar-refractivity contribution < 1.29 is 19.1 Å². The van der Waals surface area contributed by atoms with Gasteiger partial charge >= 0.3 is 5.97 Å². The van der Waals surface area contributed by atoms with Crippen molar-refractivity contribution in [3.63, 3.8) is 0 Å². The average molecular weight is 254 g/mol. The average Bonchev–Trinajstić information content (AvgIpc) is 2.27. The second-order valence-corrected chi connectivity index (χ2v) is 3.92. The summed E-state index contributed by atoms with van der Waals surface area (Å²) in [6.07, 6.45) is 0. The standard InChI is InChI=1S/C12H15FN2O3/c1-8(16)14-10(12(17)18)7-15(2)11-6-4-3-5-9(11)13/h3-6,10H,7H2,1-2H3,(H,14,16)(H,17,18). The molecule has 0 aliphatic carbocycles. The van der Waals surface area contributed by atoms with Crippen molar-refractivity contribution in [2.75, 3.05) is 18.5 Å². The molecule has 6 heteroatoms. The van der Waals surface area contributed by atoms with Crippen LogP contribution in [0.4, 0.5) is 10.1 Å². The summed E-state index contributed by atoms with van der Waals surface area (Å²) in [5.41, 5.74) is 0.286. The monoisotopic (exact) mass is 254 g/mol. The highest BCUT2D eigenvalue weighted by Crippen LogP contribution is 2.17. The van der Waals surface area contributed by atoms with Crippen LogP contribution >= 0.6 is 0 Å². The number of hydrogen-bond acceptors (Lipinski definition) is 3. The highest BCUT2D eigenvalue weighted by atomic mass is 19.1. The molecule has 0 radical (unpaired) electrons. The molecule has 98 valence electrons. The molecule has 5 nitrogen and oxygen atoms in total. The number of carboxylic acid groups (broad SMARTS) is 1. The van der Waals surface area contributed by atoms with Gasteiger partial charge in [-0.2, -0.15) is 0 Å². The molecule has 1 unspecified atom stereocenters. The highest BCUT2D eigenvalue weighted by Gasteiger charge is 2.21. The molecule has 0 aliphatic rings. The van der Waals surface area contributed by atoms with Crippen LogP contribution in [0, 0.1) is 5.82 Å². The van der Waals surface area contributed by atoms with Gasteiger partial charge in [0.15, 0.2) is 0 Å². The maximum atomic E-state index is 13.5. The van der Waals surface area contributed by atoms with E-state index in [-0.39, 0.29) is 12.2 Å². The number of aliphatic carboxylic acids is 1. The van der Waals surface area contributed by atoms with E-state index in [1.54, 1.807) is 25.2 Å². The predicted octanol–water partition coefficient (Wildman–Crippen LogP) is 0.851. The Morgan fingerprint density at radius 3 is 2.56 bits per heavy atom. The van der Waals surface area contributed by atoms with Crippen molar-refractivity contribution in [1.29, 1.82) is 0 Å². The fourth-order valence-corrected chi connectivity index (χ4v) is 1.56. The number of carbonyl (C=O) groups excluding carboxylic acids is 1. The van der Waals surface area contributed by atoms with Crippen molar-refractivity contribution in [3.8, 4) is 0 Å². The van der Waals surface area contributed by atoms with E-state index >= 15 is 0 Å². The molecule has 18 heavy (non-hydrogen) atoms. The number of carboxylic acids is 1. The third-order valence-electron chi connectivity index (χ3n) is 2.40. The molecular weight excluding hydrogens is 239 g/mol. The first kappa shape index (κ1) is 14.0. The van der Waals surface area contributed by atoms with Crippen molar-refractivity contribution in [2.24, 2.45) is 0 Å². The summed E-state index contributed by atoms with van der Waals surface area (Å²) in [6, 6.07) is 4.97. The summed E-state index contributed by atoms with van der Waals surface area (Å²) < 4.78 is 13.5. The normalized spacial score (nSPS) is 11.7. The number of halogens is 1. The van der Waals surface area contributed by atoms with Crippen LogP contribution in [-0.4, -0.2) is 36.6 Å². The molecule has 0 aliphatic heterocycles. The lowest BCUT2D eigenvalue weighted by atomic mass is 10.2. The molecule has 0 spiro atoms. The Labute approximate surface area is 104 Å². The van der Waals surface area contributed by atoms with E-state index in [0.29, 0.717) is 0 Å². The fourth-order valence-electron chi connectivity index (χ4n) is 1.56. The Morgan fingerprint density at radius 2 is 2.06 bits per heavy atom. The summed E-state index contributed by atoms with van der Waals surface area (Å²) in [7, 11) is 1.57. The van der Waals surface area contributed by atoms with E-state index in [2.05, 4.69) is 5.32 Å². The summed E-state index contributed by atoms with van der Waals surface area (Å²) in [4.78, 5) is 23.3. The van der Waals surface area contributed by atoms with Gasteiger partial charge in [0.05, 0.1) is 5.69 Å². The quantitative estimate of drug-likeness (QED) is 0.817. The van der Waals surface area contributed by atoms with Crippen LogP contribution in [0.1, 0.15) is 6.92 Å². The Hall–Kier alpha value is -2.11. The third kappa shape index (κ3) is 3.73. The molecular formula is C12H15FN2O3. The molecule has 0 fully saturated rings. The lowest BCUT2D eigenvalue weighted by molar-refractivity contribution is -0.141. The summed E-state index contributed by atoms with van der Waals surface area (Å²) in [5.74, 6) is -2.04. The Balaban J connectivity index is 2.78. The van der Waals surface area contributed by atoms with E-state index in [0.717, 1.165) is 0 Å². The molecule has 0 saturated carbocycles. The molecule has 1 aromatic rings. The molecule has 0 saturated heterocycles. The molecule has 1 rings (SSSR count). The van der Waals surface area contributed by atoms with Gasteiger partial charge in [0.2, 0.25) is 5.91 Å². The van der Waals surface area contributed by atoms with Gasteiger partial charge in [0.1, 0.15) is 11.9 Å². The number of benzene rings is 1. The zero-order chi connectivity index (χ0) is 13.7. The molecule has 0 bridgehead atoms. The van der Waals surface area contributed by atoms with E-state index in [9.17, 15) is 14.0 Å². The van der Waals surface area contributed by atoms with Crippen LogP contribution in [0.3, 0.4) is 0 Å². The van der Waals surface area contributed by atoms with Gasteiger partial charge in [-0.25, -0.2) is 9.18 Å².